The van der Waals surface area contributed by atoms with Gasteiger partial charge in [0.25, 0.3) is 0 Å². The maximum atomic E-state index is 13.0. The smallest absolute Gasteiger partial charge is 0.166 e. The van der Waals surface area contributed by atoms with Crippen molar-refractivity contribution in [3.8, 4) is 5.75 Å². The molecule has 13 heavy (non-hydrogen) atoms. The first-order chi connectivity index (χ1) is 6.24. The molecule has 0 aliphatic carbocycles. The Morgan fingerprint density at radius 2 is 2.15 bits per heavy atom. The fourth-order valence-corrected chi connectivity index (χ4v) is 1.16. The summed E-state index contributed by atoms with van der Waals surface area (Å²) in [6.45, 7) is -0.243. The van der Waals surface area contributed by atoms with Crippen molar-refractivity contribution in [1.82, 2.24) is 0 Å². The van der Waals surface area contributed by atoms with Crippen molar-refractivity contribution in [2.75, 3.05) is 13.3 Å². The first-order valence-electron chi connectivity index (χ1n) is 3.88. The Labute approximate surface area is 83.8 Å². The molecule has 1 aromatic rings. The molecule has 0 aliphatic heterocycles. The third kappa shape index (κ3) is 3.30. The second kappa shape index (κ2) is 5.17. The van der Waals surface area contributed by atoms with E-state index in [1.807, 2.05) is 0 Å². The zero-order chi connectivity index (χ0) is 9.68. The summed E-state index contributed by atoms with van der Waals surface area (Å²) in [7, 11) is 0. The number of alkyl halides is 1. The van der Waals surface area contributed by atoms with Crippen LogP contribution in [0.2, 0.25) is 0 Å². The summed E-state index contributed by atoms with van der Waals surface area (Å²) in [5, 5.41) is 0. The molecule has 72 valence electrons. The van der Waals surface area contributed by atoms with E-state index in [1.54, 1.807) is 6.07 Å². The van der Waals surface area contributed by atoms with Gasteiger partial charge in [0.15, 0.2) is 11.6 Å². The fourth-order valence-electron chi connectivity index (χ4n) is 0.829. The van der Waals surface area contributed by atoms with Gasteiger partial charge in [0.2, 0.25) is 0 Å². The summed E-state index contributed by atoms with van der Waals surface area (Å²) >= 11 is 3.12. The van der Waals surface area contributed by atoms with E-state index in [9.17, 15) is 8.78 Å². The Morgan fingerprint density at radius 3 is 2.77 bits per heavy atom. The average Bonchev–Trinajstić information content (AvgIpc) is 2.09. The van der Waals surface area contributed by atoms with Gasteiger partial charge in [-0.15, -0.1) is 0 Å². The predicted molar refractivity (Wildman–Crippen MR) is 50.2 cm³/mol. The molecule has 0 aliphatic rings. The molecule has 1 rings (SSSR count). The van der Waals surface area contributed by atoms with Crippen LogP contribution in [0.4, 0.5) is 8.78 Å². The van der Waals surface area contributed by atoms with Gasteiger partial charge in [-0.1, -0.05) is 15.9 Å². The molecule has 0 amide bonds. The van der Waals surface area contributed by atoms with E-state index in [-0.39, 0.29) is 18.8 Å². The molecule has 0 atom stereocenters. The zero-order valence-corrected chi connectivity index (χ0v) is 8.48. The van der Waals surface area contributed by atoms with Gasteiger partial charge in [-0.25, -0.2) is 4.39 Å². The van der Waals surface area contributed by atoms with Crippen LogP contribution in [-0.2, 0) is 0 Å². The van der Waals surface area contributed by atoms with Crippen LogP contribution in [0, 0.1) is 5.82 Å². The minimum atomic E-state index is -0.446. The third-order valence-electron chi connectivity index (χ3n) is 1.43. The lowest BCUT2D eigenvalue weighted by Gasteiger charge is -2.05. The zero-order valence-electron chi connectivity index (χ0n) is 6.90. The van der Waals surface area contributed by atoms with Gasteiger partial charge >= 0.3 is 0 Å². The molecule has 0 saturated carbocycles. The Kier molecular flexibility index (Phi) is 4.15. The molecule has 4 heteroatoms. The van der Waals surface area contributed by atoms with Crippen LogP contribution in [0.3, 0.4) is 0 Å². The van der Waals surface area contributed by atoms with Crippen molar-refractivity contribution in [1.29, 1.82) is 0 Å². The minimum absolute atomic E-state index is 0.164. The second-order valence-electron chi connectivity index (χ2n) is 2.47. The Bertz CT molecular complexity index is 278. The van der Waals surface area contributed by atoms with E-state index in [2.05, 4.69) is 15.9 Å². The van der Waals surface area contributed by atoms with E-state index >= 15 is 0 Å². The first kappa shape index (κ1) is 10.4. The molecule has 1 aromatic carbocycles. The van der Waals surface area contributed by atoms with Gasteiger partial charge in [0.05, 0.1) is 13.3 Å². The second-order valence-corrected chi connectivity index (χ2v) is 3.38. The van der Waals surface area contributed by atoms with Crippen LogP contribution in [0.25, 0.3) is 0 Å². The van der Waals surface area contributed by atoms with Crippen molar-refractivity contribution in [2.45, 2.75) is 6.42 Å². The molecule has 0 unspecified atom stereocenters. The van der Waals surface area contributed by atoms with E-state index in [1.165, 1.54) is 12.1 Å². The summed E-state index contributed by atoms with van der Waals surface area (Å²) in [5.74, 6) is -0.273. The molecule has 0 N–H and O–H groups in total. The normalized spacial score (nSPS) is 10.1. The number of rotatable bonds is 4. The molecular formula is C9H9BrF2O. The molecule has 0 saturated heterocycles. The highest BCUT2D eigenvalue weighted by Gasteiger charge is 2.02. The highest BCUT2D eigenvalue weighted by Crippen LogP contribution is 2.21. The fraction of sp³-hybridized carbons (Fsp3) is 0.333. The largest absolute Gasteiger partial charge is 0.490 e. The molecule has 0 heterocycles. The third-order valence-corrected chi connectivity index (χ3v) is 1.92. The van der Waals surface area contributed by atoms with Gasteiger partial charge in [0, 0.05) is 10.9 Å². The van der Waals surface area contributed by atoms with Crippen LogP contribution in [-0.4, -0.2) is 13.3 Å². The van der Waals surface area contributed by atoms with Crippen molar-refractivity contribution in [3.05, 3.63) is 28.5 Å². The Hall–Kier alpha value is -0.640. The molecule has 0 aromatic heterocycles. The highest BCUT2D eigenvalue weighted by molar-refractivity contribution is 9.10. The Morgan fingerprint density at radius 1 is 1.38 bits per heavy atom. The topological polar surface area (TPSA) is 9.23 Å². The van der Waals surface area contributed by atoms with E-state index in [0.717, 1.165) is 0 Å². The summed E-state index contributed by atoms with van der Waals surface area (Å²) in [4.78, 5) is 0. The molecular weight excluding hydrogens is 242 g/mol. The summed E-state index contributed by atoms with van der Waals surface area (Å²) in [5.41, 5.74) is 0. The van der Waals surface area contributed by atoms with E-state index < -0.39 is 12.5 Å². The summed E-state index contributed by atoms with van der Waals surface area (Å²) in [6.07, 6.45) is 0.287. The maximum Gasteiger partial charge on any atom is 0.166 e. The van der Waals surface area contributed by atoms with E-state index in [0.29, 0.717) is 4.47 Å². The number of hydrogen-bond acceptors (Lipinski definition) is 1. The van der Waals surface area contributed by atoms with Crippen LogP contribution in [0.5, 0.6) is 5.75 Å². The van der Waals surface area contributed by atoms with Gasteiger partial charge in [0.1, 0.15) is 0 Å². The standard InChI is InChI=1S/C9H9BrF2O/c10-7-2-3-9(8(12)6-7)13-5-1-4-11/h2-3,6H,1,4-5H2. The quantitative estimate of drug-likeness (QED) is 0.746. The predicted octanol–water partition coefficient (Wildman–Crippen LogP) is 3.33. The summed E-state index contributed by atoms with van der Waals surface area (Å²) in [6, 6.07) is 4.50. The molecule has 0 fully saturated rings. The van der Waals surface area contributed by atoms with E-state index in [4.69, 9.17) is 4.74 Å². The molecule has 0 radical (unpaired) electrons. The molecule has 1 nitrogen and oxygen atoms in total. The number of halogens is 3. The SMILES string of the molecule is FCCCOc1ccc(Br)cc1F. The highest BCUT2D eigenvalue weighted by atomic mass is 79.9. The lowest BCUT2D eigenvalue weighted by Crippen LogP contribution is -1.99. The van der Waals surface area contributed by atoms with Crippen LogP contribution in [0.1, 0.15) is 6.42 Å². The van der Waals surface area contributed by atoms with Crippen LogP contribution < -0.4 is 4.74 Å². The van der Waals surface area contributed by atoms with Crippen LogP contribution >= 0.6 is 15.9 Å². The van der Waals surface area contributed by atoms with Gasteiger partial charge < -0.3 is 4.74 Å². The lowest BCUT2D eigenvalue weighted by molar-refractivity contribution is 0.277. The van der Waals surface area contributed by atoms with Crippen LogP contribution in [0.15, 0.2) is 22.7 Å². The van der Waals surface area contributed by atoms with Gasteiger partial charge in [-0.05, 0) is 18.2 Å². The van der Waals surface area contributed by atoms with Gasteiger partial charge in [-0.3, -0.25) is 4.39 Å². The minimum Gasteiger partial charge on any atom is -0.490 e. The first-order valence-corrected chi connectivity index (χ1v) is 4.67. The average molecular weight is 251 g/mol. The maximum absolute atomic E-state index is 13.0. The lowest BCUT2D eigenvalue weighted by atomic mass is 10.3. The van der Waals surface area contributed by atoms with Crippen molar-refractivity contribution < 1.29 is 13.5 Å². The van der Waals surface area contributed by atoms with Crippen molar-refractivity contribution in [2.24, 2.45) is 0 Å². The number of hydrogen-bond donors (Lipinski definition) is 0. The number of ether oxygens (including phenoxy) is 1. The van der Waals surface area contributed by atoms with Gasteiger partial charge in [-0.2, -0.15) is 0 Å². The Balaban J connectivity index is 2.56. The monoisotopic (exact) mass is 250 g/mol. The van der Waals surface area contributed by atoms with Crippen molar-refractivity contribution in [3.63, 3.8) is 0 Å². The summed E-state index contributed by atoms with van der Waals surface area (Å²) < 4.78 is 30.4. The number of benzene rings is 1. The van der Waals surface area contributed by atoms with Crippen molar-refractivity contribution >= 4 is 15.9 Å². The molecule has 0 spiro atoms. The molecule has 0 bridgehead atoms.